The number of rotatable bonds is 4. The minimum absolute atomic E-state index is 0.0250. The second-order valence-electron chi connectivity index (χ2n) is 4.47. The molecule has 2 nitrogen and oxygen atoms in total. The van der Waals surface area contributed by atoms with Crippen LogP contribution in [0, 0.1) is 11.6 Å². The van der Waals surface area contributed by atoms with Gasteiger partial charge < -0.3 is 10.5 Å². The van der Waals surface area contributed by atoms with Gasteiger partial charge in [-0.25, -0.2) is 8.78 Å². The molecule has 0 aliphatic heterocycles. The van der Waals surface area contributed by atoms with Crippen LogP contribution in [0.5, 0.6) is 5.75 Å². The zero-order valence-corrected chi connectivity index (χ0v) is 11.6. The Kier molecular flexibility index (Phi) is 4.57. The fraction of sp³-hybridized carbons (Fsp3) is 0.200. The zero-order chi connectivity index (χ0) is 14.7. The quantitative estimate of drug-likeness (QED) is 0.917. The molecule has 0 spiro atoms. The highest BCUT2D eigenvalue weighted by Crippen LogP contribution is 2.27. The van der Waals surface area contributed by atoms with E-state index in [1.807, 2.05) is 0 Å². The lowest BCUT2D eigenvalue weighted by Gasteiger charge is -2.14. The second-order valence-corrected chi connectivity index (χ2v) is 4.85. The van der Waals surface area contributed by atoms with Crippen LogP contribution in [0.2, 0.25) is 5.02 Å². The average Bonchev–Trinajstić information content (AvgIpc) is 2.41. The van der Waals surface area contributed by atoms with Gasteiger partial charge in [0.1, 0.15) is 24.0 Å². The van der Waals surface area contributed by atoms with Crippen molar-refractivity contribution in [1.82, 2.24) is 0 Å². The van der Waals surface area contributed by atoms with Crippen molar-refractivity contribution < 1.29 is 13.5 Å². The van der Waals surface area contributed by atoms with Crippen molar-refractivity contribution in [2.24, 2.45) is 5.73 Å². The molecule has 20 heavy (non-hydrogen) atoms. The van der Waals surface area contributed by atoms with E-state index in [0.717, 1.165) is 0 Å². The Bertz CT molecular complexity index is 617. The Hall–Kier alpha value is -1.65. The van der Waals surface area contributed by atoms with Crippen molar-refractivity contribution in [3.8, 4) is 5.75 Å². The number of ether oxygens (including phenoxy) is 1. The fourth-order valence-electron chi connectivity index (χ4n) is 1.82. The Balaban J connectivity index is 2.21. The summed E-state index contributed by atoms with van der Waals surface area (Å²) in [6.07, 6.45) is 0. The van der Waals surface area contributed by atoms with E-state index >= 15 is 0 Å². The van der Waals surface area contributed by atoms with Gasteiger partial charge in [-0.1, -0.05) is 23.7 Å². The lowest BCUT2D eigenvalue weighted by atomic mass is 10.1. The standard InChI is InChI=1S/C15H14ClF2NO/c1-9(19)12-7-11(17)5-6-14(12)20-8-10-3-2-4-13(18)15(10)16/h2-7,9H,8,19H2,1H3/t9-/m0/s1. The van der Waals surface area contributed by atoms with E-state index in [2.05, 4.69) is 0 Å². The minimum Gasteiger partial charge on any atom is -0.489 e. The number of hydrogen-bond acceptors (Lipinski definition) is 2. The molecular formula is C15H14ClF2NO. The van der Waals surface area contributed by atoms with Crippen molar-refractivity contribution in [2.45, 2.75) is 19.6 Å². The summed E-state index contributed by atoms with van der Waals surface area (Å²) in [6, 6.07) is 8.24. The summed E-state index contributed by atoms with van der Waals surface area (Å²) in [5.41, 5.74) is 6.85. The van der Waals surface area contributed by atoms with Gasteiger partial charge in [-0.05, 0) is 31.2 Å². The Morgan fingerprint density at radius 2 is 2.00 bits per heavy atom. The predicted molar refractivity (Wildman–Crippen MR) is 74.7 cm³/mol. The monoisotopic (exact) mass is 297 g/mol. The van der Waals surface area contributed by atoms with Gasteiger partial charge in [0.25, 0.3) is 0 Å². The molecule has 106 valence electrons. The van der Waals surface area contributed by atoms with E-state index in [4.69, 9.17) is 22.1 Å². The van der Waals surface area contributed by atoms with Crippen LogP contribution in [0.3, 0.4) is 0 Å². The normalized spacial score (nSPS) is 12.2. The molecule has 0 radical (unpaired) electrons. The van der Waals surface area contributed by atoms with Crippen LogP contribution < -0.4 is 10.5 Å². The summed E-state index contributed by atoms with van der Waals surface area (Å²) in [7, 11) is 0. The first kappa shape index (κ1) is 14.8. The van der Waals surface area contributed by atoms with Crippen LogP contribution in [0.15, 0.2) is 36.4 Å². The number of benzene rings is 2. The summed E-state index contributed by atoms with van der Waals surface area (Å²) in [6.45, 7) is 1.82. The number of hydrogen-bond donors (Lipinski definition) is 1. The topological polar surface area (TPSA) is 35.2 Å². The summed E-state index contributed by atoms with van der Waals surface area (Å²) in [5.74, 6) is -0.422. The molecule has 0 aliphatic carbocycles. The number of halogens is 3. The Morgan fingerprint density at radius 1 is 1.25 bits per heavy atom. The van der Waals surface area contributed by atoms with E-state index < -0.39 is 5.82 Å². The Labute approximate surface area is 121 Å². The molecule has 0 aliphatic rings. The molecule has 0 amide bonds. The van der Waals surface area contributed by atoms with E-state index in [1.54, 1.807) is 19.1 Å². The maximum Gasteiger partial charge on any atom is 0.142 e. The Morgan fingerprint density at radius 3 is 2.70 bits per heavy atom. The molecule has 0 saturated heterocycles. The van der Waals surface area contributed by atoms with Gasteiger partial charge in [-0.2, -0.15) is 0 Å². The first-order valence-corrected chi connectivity index (χ1v) is 6.47. The molecule has 2 rings (SSSR count). The third kappa shape index (κ3) is 3.26. The van der Waals surface area contributed by atoms with Gasteiger partial charge in [0.15, 0.2) is 0 Å². The molecule has 0 bridgehead atoms. The van der Waals surface area contributed by atoms with E-state index in [1.165, 1.54) is 24.3 Å². The summed E-state index contributed by atoms with van der Waals surface area (Å²) < 4.78 is 32.1. The van der Waals surface area contributed by atoms with Crippen molar-refractivity contribution in [3.63, 3.8) is 0 Å². The van der Waals surface area contributed by atoms with Crippen molar-refractivity contribution >= 4 is 11.6 Å². The van der Waals surface area contributed by atoms with Crippen LogP contribution in [0.4, 0.5) is 8.78 Å². The average molecular weight is 298 g/mol. The van der Waals surface area contributed by atoms with Crippen LogP contribution in [-0.4, -0.2) is 0 Å². The third-order valence-electron chi connectivity index (χ3n) is 2.88. The lowest BCUT2D eigenvalue weighted by Crippen LogP contribution is -2.09. The zero-order valence-electron chi connectivity index (χ0n) is 10.9. The van der Waals surface area contributed by atoms with Gasteiger partial charge in [0, 0.05) is 17.2 Å². The van der Waals surface area contributed by atoms with Gasteiger partial charge in [0.05, 0.1) is 5.02 Å². The molecule has 0 unspecified atom stereocenters. The molecule has 0 fully saturated rings. The van der Waals surface area contributed by atoms with Crippen LogP contribution in [0.25, 0.3) is 0 Å². The second kappa shape index (κ2) is 6.20. The van der Waals surface area contributed by atoms with Gasteiger partial charge in [-0.3, -0.25) is 0 Å². The van der Waals surface area contributed by atoms with Gasteiger partial charge in [0.2, 0.25) is 0 Å². The van der Waals surface area contributed by atoms with Crippen LogP contribution >= 0.6 is 11.6 Å². The first-order valence-electron chi connectivity index (χ1n) is 6.09. The highest BCUT2D eigenvalue weighted by atomic mass is 35.5. The molecule has 2 aromatic rings. The van der Waals surface area contributed by atoms with Crippen LogP contribution in [0.1, 0.15) is 24.1 Å². The summed E-state index contributed by atoms with van der Waals surface area (Å²) in [5, 5.41) is 0.0250. The molecule has 2 N–H and O–H groups in total. The molecular weight excluding hydrogens is 284 g/mol. The third-order valence-corrected chi connectivity index (χ3v) is 3.30. The fourth-order valence-corrected chi connectivity index (χ4v) is 2.00. The number of nitrogens with two attached hydrogens (primary N) is 1. The molecule has 2 aromatic carbocycles. The smallest absolute Gasteiger partial charge is 0.142 e. The molecule has 0 saturated carbocycles. The van der Waals surface area contributed by atoms with Crippen molar-refractivity contribution in [1.29, 1.82) is 0 Å². The van der Waals surface area contributed by atoms with E-state index in [-0.39, 0.29) is 23.5 Å². The SMILES string of the molecule is C[C@H](N)c1cc(F)ccc1OCc1cccc(F)c1Cl. The van der Waals surface area contributed by atoms with Gasteiger partial charge in [-0.15, -0.1) is 0 Å². The molecule has 0 aromatic heterocycles. The summed E-state index contributed by atoms with van der Waals surface area (Å²) in [4.78, 5) is 0. The minimum atomic E-state index is -0.501. The maximum absolute atomic E-state index is 13.3. The predicted octanol–water partition coefficient (Wildman–Crippen LogP) is 4.22. The molecule has 1 atom stereocenters. The van der Waals surface area contributed by atoms with E-state index in [9.17, 15) is 8.78 Å². The maximum atomic E-state index is 13.3. The summed E-state index contributed by atoms with van der Waals surface area (Å²) >= 11 is 5.85. The highest BCUT2D eigenvalue weighted by molar-refractivity contribution is 6.31. The molecule has 5 heteroatoms. The van der Waals surface area contributed by atoms with Crippen molar-refractivity contribution in [2.75, 3.05) is 0 Å². The highest BCUT2D eigenvalue weighted by Gasteiger charge is 2.11. The van der Waals surface area contributed by atoms with Crippen LogP contribution in [-0.2, 0) is 6.61 Å². The van der Waals surface area contributed by atoms with E-state index in [0.29, 0.717) is 16.9 Å². The largest absolute Gasteiger partial charge is 0.489 e. The van der Waals surface area contributed by atoms with Crippen molar-refractivity contribution in [3.05, 3.63) is 64.2 Å². The molecule has 0 heterocycles. The first-order chi connectivity index (χ1) is 9.49. The lowest BCUT2D eigenvalue weighted by molar-refractivity contribution is 0.300. The van der Waals surface area contributed by atoms with Gasteiger partial charge >= 0.3 is 0 Å².